The van der Waals surface area contributed by atoms with Gasteiger partial charge in [0.25, 0.3) is 0 Å². The second-order valence-electron chi connectivity index (χ2n) is 8.28. The van der Waals surface area contributed by atoms with Crippen LogP contribution in [0.1, 0.15) is 65.3 Å². The molecule has 0 aliphatic heterocycles. The van der Waals surface area contributed by atoms with Crippen LogP contribution in [0.3, 0.4) is 0 Å². The Bertz CT molecular complexity index is 821. The highest BCUT2D eigenvalue weighted by molar-refractivity contribution is 7.99. The lowest BCUT2D eigenvalue weighted by molar-refractivity contribution is -0.119. The summed E-state index contributed by atoms with van der Waals surface area (Å²) in [4.78, 5) is 12.4. The van der Waals surface area contributed by atoms with E-state index in [9.17, 15) is 4.79 Å². The maximum atomic E-state index is 12.4. The summed E-state index contributed by atoms with van der Waals surface area (Å²) in [6.07, 6.45) is 6.88. The fourth-order valence-corrected chi connectivity index (χ4v) is 5.05. The largest absolute Gasteiger partial charge is 0.497 e. The molecule has 1 fully saturated rings. The number of carbonyl (C=O) groups excluding carboxylic acids is 1. The van der Waals surface area contributed by atoms with E-state index in [0.717, 1.165) is 41.6 Å². The molecule has 1 aliphatic carbocycles. The second kappa shape index (κ2) is 10.8. The number of rotatable bonds is 9. The molecule has 0 saturated heterocycles. The van der Waals surface area contributed by atoms with Crippen molar-refractivity contribution in [2.75, 3.05) is 12.9 Å². The van der Waals surface area contributed by atoms with Crippen molar-refractivity contribution in [1.82, 2.24) is 20.1 Å². The number of thioether (sulfide) groups is 1. The number of carbonyl (C=O) groups is 1. The Morgan fingerprint density at radius 3 is 2.67 bits per heavy atom. The molecule has 1 aromatic heterocycles. The highest BCUT2D eigenvalue weighted by Crippen LogP contribution is 2.39. The number of nitrogens with zero attached hydrogens (tertiary/aromatic N) is 3. The number of nitrogens with one attached hydrogen (secondary N) is 1. The molecule has 1 heterocycles. The van der Waals surface area contributed by atoms with Crippen molar-refractivity contribution in [3.63, 3.8) is 0 Å². The maximum absolute atomic E-state index is 12.4. The molecule has 0 spiro atoms. The fourth-order valence-electron chi connectivity index (χ4n) is 4.24. The van der Waals surface area contributed by atoms with Crippen LogP contribution in [-0.4, -0.2) is 39.6 Å². The van der Waals surface area contributed by atoms with Crippen LogP contribution >= 0.6 is 11.8 Å². The quantitative estimate of drug-likeness (QED) is 0.560. The Balaban J connectivity index is 1.83. The Morgan fingerprint density at radius 2 is 2.00 bits per heavy atom. The summed E-state index contributed by atoms with van der Waals surface area (Å²) in [7, 11) is 1.67. The lowest BCUT2D eigenvalue weighted by Crippen LogP contribution is -2.33. The predicted octanol–water partition coefficient (Wildman–Crippen LogP) is 5.10. The zero-order valence-electron chi connectivity index (χ0n) is 18.6. The third-order valence-corrected chi connectivity index (χ3v) is 6.82. The molecule has 1 aliphatic rings. The maximum Gasteiger partial charge on any atom is 0.230 e. The van der Waals surface area contributed by atoms with E-state index < -0.39 is 0 Å². The smallest absolute Gasteiger partial charge is 0.230 e. The monoisotopic (exact) mass is 430 g/mol. The topological polar surface area (TPSA) is 69.0 Å². The van der Waals surface area contributed by atoms with Crippen LogP contribution in [0.5, 0.6) is 5.75 Å². The van der Waals surface area contributed by atoms with Gasteiger partial charge in [0, 0.05) is 17.6 Å². The number of methoxy groups -OCH3 is 1. The van der Waals surface area contributed by atoms with Crippen LogP contribution in [0.15, 0.2) is 29.4 Å². The molecule has 1 saturated carbocycles. The number of hydrogen-bond donors (Lipinski definition) is 1. The van der Waals surface area contributed by atoms with Gasteiger partial charge in [-0.1, -0.05) is 44.9 Å². The number of benzene rings is 1. The number of amides is 1. The number of aromatic nitrogens is 3. The van der Waals surface area contributed by atoms with Gasteiger partial charge in [-0.25, -0.2) is 0 Å². The van der Waals surface area contributed by atoms with Crippen LogP contribution in [0, 0.1) is 5.92 Å². The molecule has 2 aromatic rings. The van der Waals surface area contributed by atoms with E-state index in [1.807, 2.05) is 24.3 Å². The van der Waals surface area contributed by atoms with Gasteiger partial charge in [0.05, 0.1) is 12.9 Å². The van der Waals surface area contributed by atoms with Gasteiger partial charge in [0.2, 0.25) is 5.91 Å². The molecule has 0 unspecified atom stereocenters. The van der Waals surface area contributed by atoms with E-state index in [2.05, 4.69) is 40.9 Å². The Labute approximate surface area is 184 Å². The van der Waals surface area contributed by atoms with Gasteiger partial charge in [0.1, 0.15) is 5.75 Å². The first-order valence-corrected chi connectivity index (χ1v) is 12.0. The Kier molecular flexibility index (Phi) is 8.19. The van der Waals surface area contributed by atoms with Crippen LogP contribution < -0.4 is 10.1 Å². The third kappa shape index (κ3) is 5.56. The van der Waals surface area contributed by atoms with E-state index in [1.54, 1.807) is 7.11 Å². The summed E-state index contributed by atoms with van der Waals surface area (Å²) >= 11 is 1.49. The van der Waals surface area contributed by atoms with Crippen molar-refractivity contribution < 1.29 is 9.53 Å². The van der Waals surface area contributed by atoms with E-state index >= 15 is 0 Å². The van der Waals surface area contributed by atoms with Gasteiger partial charge >= 0.3 is 0 Å². The van der Waals surface area contributed by atoms with E-state index in [-0.39, 0.29) is 11.9 Å². The summed E-state index contributed by atoms with van der Waals surface area (Å²) in [6.45, 7) is 6.50. The zero-order chi connectivity index (χ0) is 21.5. The minimum Gasteiger partial charge on any atom is -0.497 e. The van der Waals surface area contributed by atoms with Gasteiger partial charge in [-0.3, -0.25) is 9.36 Å². The first-order valence-electron chi connectivity index (χ1n) is 11.0. The normalized spacial score (nSPS) is 20.0. The van der Waals surface area contributed by atoms with Gasteiger partial charge in [-0.05, 0) is 56.4 Å². The van der Waals surface area contributed by atoms with Gasteiger partial charge in [-0.2, -0.15) is 0 Å². The molecule has 1 aromatic carbocycles. The van der Waals surface area contributed by atoms with Gasteiger partial charge in [0.15, 0.2) is 11.0 Å². The van der Waals surface area contributed by atoms with Crippen molar-refractivity contribution in [1.29, 1.82) is 0 Å². The zero-order valence-corrected chi connectivity index (χ0v) is 19.4. The summed E-state index contributed by atoms with van der Waals surface area (Å²) in [5.74, 6) is 2.67. The van der Waals surface area contributed by atoms with Crippen LogP contribution in [-0.2, 0) is 4.79 Å². The minimum atomic E-state index is 0.0539. The van der Waals surface area contributed by atoms with E-state index in [0.29, 0.717) is 17.7 Å². The molecule has 6 nitrogen and oxygen atoms in total. The Morgan fingerprint density at radius 1 is 1.27 bits per heavy atom. The van der Waals surface area contributed by atoms with Crippen LogP contribution in [0.4, 0.5) is 0 Å². The molecule has 1 N–H and O–H groups in total. The molecule has 30 heavy (non-hydrogen) atoms. The average Bonchev–Trinajstić information content (AvgIpc) is 3.16. The minimum absolute atomic E-state index is 0.0539. The second-order valence-corrected chi connectivity index (χ2v) is 9.22. The van der Waals surface area contributed by atoms with Crippen molar-refractivity contribution in [3.05, 3.63) is 24.3 Å². The van der Waals surface area contributed by atoms with E-state index in [4.69, 9.17) is 4.74 Å². The molecular weight excluding hydrogens is 396 g/mol. The predicted molar refractivity (Wildman–Crippen MR) is 122 cm³/mol. The molecule has 3 rings (SSSR count). The first-order chi connectivity index (χ1) is 14.5. The van der Waals surface area contributed by atoms with E-state index in [1.165, 1.54) is 31.0 Å². The number of ether oxygens (including phenoxy) is 1. The molecule has 0 bridgehead atoms. The van der Waals surface area contributed by atoms with Crippen LogP contribution in [0.25, 0.3) is 11.4 Å². The standard InChI is InChI=1S/C23H34N4O2S/c1-5-8-17(3)24-21(28)15-30-23-26-25-22(18-11-13-19(29-4)14-12-18)27(23)20-10-7-6-9-16(20)2/h11-14,16-17,20H,5-10,15H2,1-4H3,(H,24,28)/t16-,17+,20+/m0/s1. The van der Waals surface area contributed by atoms with Crippen LogP contribution in [0.2, 0.25) is 0 Å². The fraction of sp³-hybridized carbons (Fsp3) is 0.609. The molecule has 0 radical (unpaired) electrons. The first kappa shape index (κ1) is 22.7. The lowest BCUT2D eigenvalue weighted by Gasteiger charge is -2.31. The average molecular weight is 431 g/mol. The number of hydrogen-bond acceptors (Lipinski definition) is 5. The van der Waals surface area contributed by atoms with Gasteiger partial charge in [-0.15, -0.1) is 10.2 Å². The van der Waals surface area contributed by atoms with Gasteiger partial charge < -0.3 is 10.1 Å². The molecular formula is C23H34N4O2S. The van der Waals surface area contributed by atoms with Crippen molar-refractivity contribution in [2.24, 2.45) is 5.92 Å². The molecule has 7 heteroatoms. The van der Waals surface area contributed by atoms with Crippen molar-refractivity contribution in [2.45, 2.75) is 76.5 Å². The van der Waals surface area contributed by atoms with Crippen molar-refractivity contribution >= 4 is 17.7 Å². The summed E-state index contributed by atoms with van der Waals surface area (Å²) in [6, 6.07) is 8.52. The summed E-state index contributed by atoms with van der Waals surface area (Å²) in [5.41, 5.74) is 1.02. The highest BCUT2D eigenvalue weighted by Gasteiger charge is 2.29. The molecule has 3 atom stereocenters. The lowest BCUT2D eigenvalue weighted by atomic mass is 9.85. The molecule has 1 amide bonds. The summed E-state index contributed by atoms with van der Waals surface area (Å²) in [5, 5.41) is 12.9. The summed E-state index contributed by atoms with van der Waals surface area (Å²) < 4.78 is 7.57. The third-order valence-electron chi connectivity index (χ3n) is 5.87. The SMILES string of the molecule is CCC[C@@H](C)NC(=O)CSc1nnc(-c2ccc(OC)cc2)n1[C@@H]1CCCC[C@@H]1C. The highest BCUT2D eigenvalue weighted by atomic mass is 32.2. The molecule has 164 valence electrons. The Hall–Kier alpha value is -2.02. The van der Waals surface area contributed by atoms with Crippen molar-refractivity contribution in [3.8, 4) is 17.1 Å².